The average molecular weight is 253 g/mol. The standard InChI is InChI=1S/C9H11N5O2S/c1-11-7-5(3-10)8(12-4-6(15)16)14-9(13-7)17-2/h4H2,1-2H3,(H,15,16)(H2,11,12,13,14). The zero-order valence-electron chi connectivity index (χ0n) is 9.31. The molecule has 17 heavy (non-hydrogen) atoms. The fourth-order valence-corrected chi connectivity index (χ4v) is 1.47. The van der Waals surface area contributed by atoms with Crippen LogP contribution in [0.3, 0.4) is 0 Å². The third-order valence-corrected chi connectivity index (χ3v) is 2.37. The molecule has 3 N–H and O–H groups in total. The van der Waals surface area contributed by atoms with Gasteiger partial charge in [0.2, 0.25) is 0 Å². The summed E-state index contributed by atoms with van der Waals surface area (Å²) in [4.78, 5) is 18.6. The van der Waals surface area contributed by atoms with Gasteiger partial charge in [0.1, 0.15) is 18.2 Å². The first kappa shape index (κ1) is 13.1. The van der Waals surface area contributed by atoms with Crippen molar-refractivity contribution in [1.82, 2.24) is 9.97 Å². The highest BCUT2D eigenvalue weighted by Crippen LogP contribution is 2.23. The highest BCUT2D eigenvalue weighted by Gasteiger charge is 2.13. The van der Waals surface area contributed by atoms with Crippen molar-refractivity contribution in [3.63, 3.8) is 0 Å². The Balaban J connectivity index is 3.16. The Hall–Kier alpha value is -2.01. The topological polar surface area (TPSA) is 111 Å². The second kappa shape index (κ2) is 5.91. The van der Waals surface area contributed by atoms with Crippen LogP contribution in [0.4, 0.5) is 11.6 Å². The van der Waals surface area contributed by atoms with Crippen molar-refractivity contribution in [2.45, 2.75) is 5.16 Å². The zero-order valence-corrected chi connectivity index (χ0v) is 10.1. The number of nitrogens with one attached hydrogen (secondary N) is 2. The summed E-state index contributed by atoms with van der Waals surface area (Å²) in [6.45, 7) is -0.303. The number of carbonyl (C=O) groups is 1. The normalized spacial score (nSPS) is 9.47. The van der Waals surface area contributed by atoms with Crippen LogP contribution in [0.1, 0.15) is 5.56 Å². The molecule has 0 aliphatic heterocycles. The van der Waals surface area contributed by atoms with Crippen molar-refractivity contribution in [2.24, 2.45) is 0 Å². The minimum absolute atomic E-state index is 0.201. The van der Waals surface area contributed by atoms with Crippen molar-refractivity contribution in [2.75, 3.05) is 30.5 Å². The molecule has 0 unspecified atom stereocenters. The third kappa shape index (κ3) is 3.22. The highest BCUT2D eigenvalue weighted by molar-refractivity contribution is 7.98. The highest BCUT2D eigenvalue weighted by atomic mass is 32.2. The Kier molecular flexibility index (Phi) is 4.54. The number of thioether (sulfide) groups is 1. The maximum Gasteiger partial charge on any atom is 0.322 e. The van der Waals surface area contributed by atoms with Gasteiger partial charge in [-0.1, -0.05) is 11.8 Å². The average Bonchev–Trinajstić information content (AvgIpc) is 2.34. The maximum absolute atomic E-state index is 10.5. The SMILES string of the molecule is CNc1nc(SC)nc(NCC(=O)O)c1C#N. The molecule has 0 atom stereocenters. The Morgan fingerprint density at radius 1 is 1.53 bits per heavy atom. The van der Waals surface area contributed by atoms with E-state index in [2.05, 4.69) is 20.6 Å². The fraction of sp³-hybridized carbons (Fsp3) is 0.333. The van der Waals surface area contributed by atoms with Crippen molar-refractivity contribution < 1.29 is 9.90 Å². The Labute approximate surface area is 102 Å². The quantitative estimate of drug-likeness (QED) is 0.517. The summed E-state index contributed by atoms with van der Waals surface area (Å²) in [6.07, 6.45) is 1.79. The first-order valence-corrected chi connectivity index (χ1v) is 5.84. The van der Waals surface area contributed by atoms with E-state index in [1.165, 1.54) is 11.8 Å². The van der Waals surface area contributed by atoms with Crippen LogP contribution in [0, 0.1) is 11.3 Å². The van der Waals surface area contributed by atoms with Gasteiger partial charge in [-0.15, -0.1) is 0 Å². The van der Waals surface area contributed by atoms with Crippen LogP contribution in [-0.2, 0) is 4.79 Å². The van der Waals surface area contributed by atoms with Gasteiger partial charge >= 0.3 is 5.97 Å². The van der Waals surface area contributed by atoms with Crippen molar-refractivity contribution in [3.05, 3.63) is 5.56 Å². The molecule has 0 spiro atoms. The van der Waals surface area contributed by atoms with E-state index in [9.17, 15) is 4.79 Å². The summed E-state index contributed by atoms with van der Waals surface area (Å²) in [7, 11) is 1.63. The molecule has 0 saturated heterocycles. The van der Waals surface area contributed by atoms with Crippen LogP contribution in [0.5, 0.6) is 0 Å². The fourth-order valence-electron chi connectivity index (χ4n) is 1.11. The van der Waals surface area contributed by atoms with Gasteiger partial charge in [-0.25, -0.2) is 9.97 Å². The molecule has 0 fully saturated rings. The van der Waals surface area contributed by atoms with Gasteiger partial charge in [0.15, 0.2) is 16.8 Å². The molecular formula is C9H11N5O2S. The summed E-state index contributed by atoms with van der Waals surface area (Å²) in [5.41, 5.74) is 0.201. The minimum Gasteiger partial charge on any atom is -0.480 e. The summed E-state index contributed by atoms with van der Waals surface area (Å²) in [5, 5.41) is 23.4. The van der Waals surface area contributed by atoms with Crippen LogP contribution >= 0.6 is 11.8 Å². The van der Waals surface area contributed by atoms with Gasteiger partial charge in [0.25, 0.3) is 0 Å². The van der Waals surface area contributed by atoms with Gasteiger partial charge in [-0.3, -0.25) is 4.79 Å². The van der Waals surface area contributed by atoms with Gasteiger partial charge in [-0.05, 0) is 6.26 Å². The van der Waals surface area contributed by atoms with Gasteiger partial charge in [-0.2, -0.15) is 5.26 Å². The smallest absolute Gasteiger partial charge is 0.322 e. The molecule has 1 heterocycles. The molecule has 8 heteroatoms. The second-order valence-corrected chi connectivity index (χ2v) is 3.67. The van der Waals surface area contributed by atoms with Crippen molar-refractivity contribution >= 4 is 29.4 Å². The molecule has 1 aromatic heterocycles. The molecule has 0 aliphatic rings. The number of anilines is 2. The Bertz CT molecular complexity index is 471. The number of nitriles is 1. The van der Waals surface area contributed by atoms with Crippen LogP contribution in [0.25, 0.3) is 0 Å². The Morgan fingerprint density at radius 2 is 2.18 bits per heavy atom. The number of nitrogens with zero attached hydrogens (tertiary/aromatic N) is 3. The van der Waals surface area contributed by atoms with Gasteiger partial charge in [0, 0.05) is 7.05 Å². The summed E-state index contributed by atoms with van der Waals surface area (Å²) in [6, 6.07) is 1.94. The number of aromatic nitrogens is 2. The summed E-state index contributed by atoms with van der Waals surface area (Å²) in [5.74, 6) is -0.428. The molecule has 90 valence electrons. The molecule has 0 aromatic carbocycles. The lowest BCUT2D eigenvalue weighted by atomic mass is 10.3. The van der Waals surface area contributed by atoms with E-state index in [0.29, 0.717) is 11.0 Å². The van der Waals surface area contributed by atoms with E-state index >= 15 is 0 Å². The first-order valence-electron chi connectivity index (χ1n) is 4.62. The lowest BCUT2D eigenvalue weighted by Gasteiger charge is -2.09. The van der Waals surface area contributed by atoms with Crippen LogP contribution in [-0.4, -0.2) is 40.9 Å². The van der Waals surface area contributed by atoms with Crippen LogP contribution in [0.2, 0.25) is 0 Å². The van der Waals surface area contributed by atoms with E-state index in [4.69, 9.17) is 10.4 Å². The predicted molar refractivity (Wildman–Crippen MR) is 64.2 cm³/mol. The second-order valence-electron chi connectivity index (χ2n) is 2.89. The van der Waals surface area contributed by atoms with Crippen molar-refractivity contribution in [1.29, 1.82) is 5.26 Å². The number of hydrogen-bond acceptors (Lipinski definition) is 7. The largest absolute Gasteiger partial charge is 0.480 e. The van der Waals surface area contributed by atoms with E-state index in [1.807, 2.05) is 6.07 Å². The van der Waals surface area contributed by atoms with E-state index < -0.39 is 5.97 Å². The molecular weight excluding hydrogens is 242 g/mol. The van der Waals surface area contributed by atoms with Gasteiger partial charge < -0.3 is 15.7 Å². The molecule has 0 amide bonds. The molecule has 0 radical (unpaired) electrons. The van der Waals surface area contributed by atoms with Crippen LogP contribution in [0.15, 0.2) is 5.16 Å². The first-order chi connectivity index (χ1) is 8.12. The monoisotopic (exact) mass is 253 g/mol. The lowest BCUT2D eigenvalue weighted by molar-refractivity contribution is -0.134. The molecule has 0 saturated carbocycles. The molecule has 1 aromatic rings. The predicted octanol–water partition coefficient (Wildman–Crippen LogP) is 0.608. The molecule has 0 aliphatic carbocycles. The number of rotatable bonds is 5. The third-order valence-electron chi connectivity index (χ3n) is 1.83. The van der Waals surface area contributed by atoms with E-state index in [0.717, 1.165) is 0 Å². The summed E-state index contributed by atoms with van der Waals surface area (Å²) < 4.78 is 0. The molecule has 0 bridgehead atoms. The van der Waals surface area contributed by atoms with Crippen LogP contribution < -0.4 is 10.6 Å². The lowest BCUT2D eigenvalue weighted by Crippen LogP contribution is -2.15. The zero-order chi connectivity index (χ0) is 12.8. The number of hydrogen-bond donors (Lipinski definition) is 3. The van der Waals surface area contributed by atoms with Crippen molar-refractivity contribution in [3.8, 4) is 6.07 Å². The Morgan fingerprint density at radius 3 is 2.65 bits per heavy atom. The number of carboxylic acid groups (broad SMARTS) is 1. The molecule has 7 nitrogen and oxygen atoms in total. The minimum atomic E-state index is -1.02. The van der Waals surface area contributed by atoms with E-state index in [-0.39, 0.29) is 17.9 Å². The maximum atomic E-state index is 10.5. The number of carboxylic acids is 1. The van der Waals surface area contributed by atoms with Gasteiger partial charge in [0.05, 0.1) is 0 Å². The molecule has 1 rings (SSSR count). The summed E-state index contributed by atoms with van der Waals surface area (Å²) >= 11 is 1.31. The van der Waals surface area contributed by atoms with E-state index in [1.54, 1.807) is 13.3 Å². The number of aliphatic carboxylic acids is 1.